The Morgan fingerprint density at radius 2 is 1.76 bits per heavy atom. The molecule has 1 aliphatic heterocycles. The van der Waals surface area contributed by atoms with Crippen LogP contribution in [0, 0.1) is 10.1 Å². The third kappa shape index (κ3) is 6.19. The first kappa shape index (κ1) is 24.9. The number of benzene rings is 2. The maximum Gasteiger partial charge on any atom is 0.311 e. The number of piperazine rings is 1. The zero-order valence-electron chi connectivity index (χ0n) is 19.1. The van der Waals surface area contributed by atoms with Gasteiger partial charge in [0.15, 0.2) is 10.9 Å². The number of amides is 2. The van der Waals surface area contributed by atoms with Crippen molar-refractivity contribution in [2.45, 2.75) is 20.3 Å². The van der Waals surface area contributed by atoms with Crippen molar-refractivity contribution in [3.05, 3.63) is 58.1 Å². The molecule has 1 aliphatic rings. The fourth-order valence-electron chi connectivity index (χ4n) is 3.61. The van der Waals surface area contributed by atoms with Gasteiger partial charge in [0.1, 0.15) is 0 Å². The Morgan fingerprint density at radius 1 is 1.09 bits per heavy atom. The zero-order valence-corrected chi connectivity index (χ0v) is 19.9. The fourth-order valence-corrected chi connectivity index (χ4v) is 3.82. The average molecular weight is 486 g/mol. The Hall–Kier alpha value is -3.73. The van der Waals surface area contributed by atoms with E-state index in [1.807, 2.05) is 36.1 Å². The Balaban J connectivity index is 1.56. The molecule has 0 aromatic heterocycles. The lowest BCUT2D eigenvalue weighted by Crippen LogP contribution is -2.48. The maximum absolute atomic E-state index is 12.5. The van der Waals surface area contributed by atoms with Gasteiger partial charge in [-0.15, -0.1) is 0 Å². The molecule has 0 bridgehead atoms. The highest BCUT2D eigenvalue weighted by Crippen LogP contribution is 2.28. The Bertz CT molecular complexity index is 1070. The SMILES string of the molecule is CCOc1ccc(C(=O)NC(=S)Nc2ccc(N3CCN(C(=O)CC)CC3)cc2)cc1[N+](=O)[O-]. The summed E-state index contributed by atoms with van der Waals surface area (Å²) in [6, 6.07) is 11.6. The van der Waals surface area contributed by atoms with E-state index in [0.29, 0.717) is 25.2 Å². The van der Waals surface area contributed by atoms with E-state index in [-0.39, 0.29) is 34.6 Å². The van der Waals surface area contributed by atoms with E-state index >= 15 is 0 Å². The van der Waals surface area contributed by atoms with Crippen molar-refractivity contribution in [2.75, 3.05) is 43.0 Å². The zero-order chi connectivity index (χ0) is 24.7. The molecular weight excluding hydrogens is 458 g/mol. The molecule has 0 aliphatic carbocycles. The molecule has 2 aromatic carbocycles. The minimum atomic E-state index is -0.596. The molecular formula is C23H27N5O5S. The summed E-state index contributed by atoms with van der Waals surface area (Å²) in [7, 11) is 0. The van der Waals surface area contributed by atoms with Crippen LogP contribution in [0.1, 0.15) is 30.6 Å². The van der Waals surface area contributed by atoms with Crippen molar-refractivity contribution in [1.82, 2.24) is 10.2 Å². The summed E-state index contributed by atoms with van der Waals surface area (Å²) in [6.45, 7) is 6.79. The summed E-state index contributed by atoms with van der Waals surface area (Å²) >= 11 is 5.22. The number of nitro benzene ring substituents is 1. The summed E-state index contributed by atoms with van der Waals surface area (Å²) in [5, 5.41) is 16.8. The van der Waals surface area contributed by atoms with E-state index in [0.717, 1.165) is 24.8 Å². The molecule has 11 heteroatoms. The molecule has 34 heavy (non-hydrogen) atoms. The highest BCUT2D eigenvalue weighted by atomic mass is 32.1. The number of ether oxygens (including phenoxy) is 1. The van der Waals surface area contributed by atoms with Crippen LogP contribution in [0.5, 0.6) is 5.75 Å². The van der Waals surface area contributed by atoms with Crippen molar-refractivity contribution >= 4 is 46.2 Å². The van der Waals surface area contributed by atoms with Gasteiger partial charge in [0.05, 0.1) is 11.5 Å². The van der Waals surface area contributed by atoms with Gasteiger partial charge < -0.3 is 19.9 Å². The van der Waals surface area contributed by atoms with Gasteiger partial charge in [-0.3, -0.25) is 25.0 Å². The monoisotopic (exact) mass is 485 g/mol. The maximum atomic E-state index is 12.5. The predicted molar refractivity (Wildman–Crippen MR) is 133 cm³/mol. The summed E-state index contributed by atoms with van der Waals surface area (Å²) in [6.07, 6.45) is 0.520. The second kappa shape index (κ2) is 11.4. The smallest absolute Gasteiger partial charge is 0.311 e. The van der Waals surface area contributed by atoms with Crippen LogP contribution in [0.25, 0.3) is 0 Å². The lowest BCUT2D eigenvalue weighted by atomic mass is 10.1. The number of carbonyl (C=O) groups is 2. The molecule has 0 unspecified atom stereocenters. The van der Waals surface area contributed by atoms with Crippen molar-refractivity contribution in [2.24, 2.45) is 0 Å². The molecule has 10 nitrogen and oxygen atoms in total. The van der Waals surface area contributed by atoms with Crippen LogP contribution >= 0.6 is 12.2 Å². The van der Waals surface area contributed by atoms with Gasteiger partial charge in [0.2, 0.25) is 5.91 Å². The first-order chi connectivity index (χ1) is 16.3. The molecule has 3 rings (SSSR count). The van der Waals surface area contributed by atoms with E-state index in [4.69, 9.17) is 17.0 Å². The number of nitrogens with zero attached hydrogens (tertiary/aromatic N) is 3. The fraction of sp³-hybridized carbons (Fsp3) is 0.348. The van der Waals surface area contributed by atoms with Crippen molar-refractivity contribution in [3.8, 4) is 5.75 Å². The minimum absolute atomic E-state index is 0.0704. The number of hydrogen-bond acceptors (Lipinski definition) is 7. The van der Waals surface area contributed by atoms with Crippen LogP contribution in [0.3, 0.4) is 0 Å². The number of carbonyl (C=O) groups excluding carboxylic acids is 2. The highest BCUT2D eigenvalue weighted by molar-refractivity contribution is 7.80. The van der Waals surface area contributed by atoms with Crippen LogP contribution in [-0.2, 0) is 4.79 Å². The predicted octanol–water partition coefficient (Wildman–Crippen LogP) is 3.18. The molecule has 0 atom stereocenters. The first-order valence-electron chi connectivity index (χ1n) is 11.0. The van der Waals surface area contributed by atoms with Crippen LogP contribution < -0.4 is 20.3 Å². The van der Waals surface area contributed by atoms with E-state index in [1.165, 1.54) is 12.1 Å². The average Bonchev–Trinajstić information content (AvgIpc) is 2.84. The Labute approximate surface area is 203 Å². The second-order valence-electron chi connectivity index (χ2n) is 7.55. The third-order valence-corrected chi connectivity index (χ3v) is 5.57. The molecule has 2 N–H and O–H groups in total. The Kier molecular flexibility index (Phi) is 8.36. The van der Waals surface area contributed by atoms with Gasteiger partial charge in [-0.05, 0) is 55.5 Å². The van der Waals surface area contributed by atoms with Crippen LogP contribution in [0.15, 0.2) is 42.5 Å². The molecule has 1 saturated heterocycles. The largest absolute Gasteiger partial charge is 0.487 e. The van der Waals surface area contributed by atoms with Gasteiger partial charge >= 0.3 is 5.69 Å². The van der Waals surface area contributed by atoms with Crippen LogP contribution in [0.4, 0.5) is 17.1 Å². The van der Waals surface area contributed by atoms with Gasteiger partial charge in [-0.2, -0.15) is 0 Å². The topological polar surface area (TPSA) is 117 Å². The number of thiocarbonyl (C=S) groups is 1. The van der Waals surface area contributed by atoms with Crippen LogP contribution in [-0.4, -0.2) is 59.5 Å². The number of hydrogen-bond donors (Lipinski definition) is 2. The van der Waals surface area contributed by atoms with Gasteiger partial charge in [-0.1, -0.05) is 6.92 Å². The van der Waals surface area contributed by atoms with Gasteiger partial charge in [0, 0.05) is 55.6 Å². The normalized spacial score (nSPS) is 13.2. The van der Waals surface area contributed by atoms with E-state index in [2.05, 4.69) is 15.5 Å². The van der Waals surface area contributed by atoms with Gasteiger partial charge in [-0.25, -0.2) is 0 Å². The summed E-state index contributed by atoms with van der Waals surface area (Å²) < 4.78 is 5.24. The number of anilines is 2. The summed E-state index contributed by atoms with van der Waals surface area (Å²) in [4.78, 5) is 39.1. The number of nitrogens with one attached hydrogen (secondary N) is 2. The van der Waals surface area contributed by atoms with Crippen LogP contribution in [0.2, 0.25) is 0 Å². The van der Waals surface area contributed by atoms with E-state index in [1.54, 1.807) is 6.92 Å². The van der Waals surface area contributed by atoms with E-state index in [9.17, 15) is 19.7 Å². The molecule has 1 heterocycles. The molecule has 0 spiro atoms. The number of rotatable bonds is 7. The highest BCUT2D eigenvalue weighted by Gasteiger charge is 2.21. The standard InChI is InChI=1S/C23H27N5O5S/c1-3-21(29)27-13-11-26(12-14-27)18-8-6-17(7-9-18)24-23(34)25-22(30)16-5-10-20(33-4-2)19(15-16)28(31)32/h5-10,15H,3-4,11-14H2,1-2H3,(H2,24,25,30,34). The van der Waals surface area contributed by atoms with Crippen molar-refractivity contribution in [3.63, 3.8) is 0 Å². The number of nitro groups is 1. The molecule has 2 amide bonds. The summed E-state index contributed by atoms with van der Waals surface area (Å²) in [5.74, 6) is -0.294. The molecule has 2 aromatic rings. The van der Waals surface area contributed by atoms with Crippen molar-refractivity contribution in [1.29, 1.82) is 0 Å². The third-order valence-electron chi connectivity index (χ3n) is 5.37. The Morgan fingerprint density at radius 3 is 2.35 bits per heavy atom. The lowest BCUT2D eigenvalue weighted by molar-refractivity contribution is -0.385. The first-order valence-corrected chi connectivity index (χ1v) is 11.4. The lowest BCUT2D eigenvalue weighted by Gasteiger charge is -2.36. The van der Waals surface area contributed by atoms with Gasteiger partial charge in [0.25, 0.3) is 5.91 Å². The summed E-state index contributed by atoms with van der Waals surface area (Å²) in [5.41, 5.74) is 1.52. The molecule has 1 fully saturated rings. The minimum Gasteiger partial charge on any atom is -0.487 e. The second-order valence-corrected chi connectivity index (χ2v) is 7.96. The molecule has 0 radical (unpaired) electrons. The molecule has 0 saturated carbocycles. The van der Waals surface area contributed by atoms with E-state index < -0.39 is 10.8 Å². The van der Waals surface area contributed by atoms with Crippen molar-refractivity contribution < 1.29 is 19.2 Å². The quantitative estimate of drug-likeness (QED) is 0.349. The molecule has 180 valence electrons.